The number of nitrogens with zero attached hydrogens (tertiary/aromatic N) is 3. The average Bonchev–Trinajstić information content (AvgIpc) is 3.21. The molecule has 0 bridgehead atoms. The monoisotopic (exact) mass is 348 g/mol. The van der Waals surface area contributed by atoms with Gasteiger partial charge in [0.25, 0.3) is 0 Å². The molecule has 0 atom stereocenters. The smallest absolute Gasteiger partial charge is 0.244 e. The number of ether oxygens (including phenoxy) is 1. The molecule has 0 radical (unpaired) electrons. The summed E-state index contributed by atoms with van der Waals surface area (Å²) < 4.78 is 6.96. The third-order valence-corrected chi connectivity index (χ3v) is 3.94. The van der Waals surface area contributed by atoms with Crippen LogP contribution in [0.4, 0.5) is 0 Å². The summed E-state index contributed by atoms with van der Waals surface area (Å²) in [5.41, 5.74) is 2.83. The van der Waals surface area contributed by atoms with E-state index in [0.29, 0.717) is 6.54 Å². The Labute approximate surface area is 152 Å². The number of carbonyl (C=O) groups excluding carboxylic acids is 1. The maximum atomic E-state index is 12.2. The number of carbonyl (C=O) groups is 1. The zero-order valence-corrected chi connectivity index (χ0v) is 14.7. The van der Waals surface area contributed by atoms with Crippen molar-refractivity contribution in [3.8, 4) is 11.6 Å². The lowest BCUT2D eigenvalue weighted by molar-refractivity contribution is -0.116. The topological polar surface area (TPSA) is 69.0 Å². The normalized spacial score (nSPS) is 11.2. The summed E-state index contributed by atoms with van der Waals surface area (Å²) in [6.45, 7) is 2.33. The maximum absolute atomic E-state index is 12.2. The Kier molecular flexibility index (Phi) is 5.43. The molecule has 6 nitrogen and oxygen atoms in total. The largest absolute Gasteiger partial charge is 0.497 e. The predicted molar refractivity (Wildman–Crippen MR) is 99.9 cm³/mol. The van der Waals surface area contributed by atoms with Crippen molar-refractivity contribution in [1.82, 2.24) is 19.9 Å². The molecule has 0 fully saturated rings. The summed E-state index contributed by atoms with van der Waals surface area (Å²) >= 11 is 0. The first-order valence-electron chi connectivity index (χ1n) is 8.19. The number of rotatable bonds is 6. The molecule has 1 aromatic carbocycles. The molecule has 1 amide bonds. The SMILES string of the molecule is COc1ccc(/C(C)=C/C(=O)NCc2ccnc(-n3ccnc3)c2)cc1. The van der Waals surface area contributed by atoms with Crippen LogP contribution < -0.4 is 10.1 Å². The number of methoxy groups -OCH3 is 1. The molecule has 0 aliphatic rings. The molecule has 132 valence electrons. The van der Waals surface area contributed by atoms with Gasteiger partial charge < -0.3 is 10.1 Å². The second kappa shape index (κ2) is 8.11. The first kappa shape index (κ1) is 17.4. The Morgan fingerprint density at radius 2 is 2.04 bits per heavy atom. The number of aromatic nitrogens is 3. The Morgan fingerprint density at radius 1 is 1.23 bits per heavy atom. The molecule has 6 heteroatoms. The molecule has 3 aromatic rings. The van der Waals surface area contributed by atoms with Gasteiger partial charge in [-0.25, -0.2) is 9.97 Å². The molecule has 0 saturated heterocycles. The van der Waals surface area contributed by atoms with Crippen molar-refractivity contribution in [3.63, 3.8) is 0 Å². The van der Waals surface area contributed by atoms with Gasteiger partial charge in [-0.1, -0.05) is 12.1 Å². The minimum absolute atomic E-state index is 0.140. The maximum Gasteiger partial charge on any atom is 0.244 e. The zero-order valence-electron chi connectivity index (χ0n) is 14.7. The van der Waals surface area contributed by atoms with Crippen LogP contribution in [0.25, 0.3) is 11.4 Å². The Balaban J connectivity index is 1.62. The van der Waals surface area contributed by atoms with Gasteiger partial charge in [0.15, 0.2) is 0 Å². The lowest BCUT2D eigenvalue weighted by Crippen LogP contribution is -2.20. The molecule has 0 aliphatic carbocycles. The van der Waals surface area contributed by atoms with E-state index in [0.717, 1.165) is 28.3 Å². The molecule has 0 aliphatic heterocycles. The van der Waals surface area contributed by atoms with Crippen molar-refractivity contribution in [1.29, 1.82) is 0 Å². The second-order valence-electron chi connectivity index (χ2n) is 5.77. The standard InChI is InChI=1S/C20H20N4O2/c1-15(17-3-5-18(26-2)6-4-17)11-20(25)23-13-16-7-8-22-19(12-16)24-10-9-21-14-24/h3-12,14H,13H2,1-2H3,(H,23,25)/b15-11+. The van der Waals surface area contributed by atoms with E-state index in [4.69, 9.17) is 4.74 Å². The van der Waals surface area contributed by atoms with E-state index in [1.165, 1.54) is 0 Å². The van der Waals surface area contributed by atoms with Crippen molar-refractivity contribution in [2.24, 2.45) is 0 Å². The van der Waals surface area contributed by atoms with Crippen LogP contribution in [-0.4, -0.2) is 27.6 Å². The van der Waals surface area contributed by atoms with Crippen molar-refractivity contribution >= 4 is 11.5 Å². The summed E-state index contributed by atoms with van der Waals surface area (Å²) in [7, 11) is 1.63. The van der Waals surface area contributed by atoms with E-state index in [1.807, 2.05) is 54.1 Å². The number of hydrogen-bond acceptors (Lipinski definition) is 4. The highest BCUT2D eigenvalue weighted by atomic mass is 16.5. The Bertz CT molecular complexity index is 900. The summed E-state index contributed by atoms with van der Waals surface area (Å²) in [5, 5.41) is 2.90. The fourth-order valence-electron chi connectivity index (χ4n) is 2.48. The molecular weight excluding hydrogens is 328 g/mol. The Hall–Kier alpha value is -3.41. The van der Waals surface area contributed by atoms with E-state index in [-0.39, 0.29) is 5.91 Å². The molecular formula is C20H20N4O2. The number of imidazole rings is 1. The predicted octanol–water partition coefficient (Wildman–Crippen LogP) is 3.00. The number of hydrogen-bond donors (Lipinski definition) is 1. The van der Waals surface area contributed by atoms with E-state index >= 15 is 0 Å². The average molecular weight is 348 g/mol. The van der Waals surface area contributed by atoms with Crippen LogP contribution in [0.5, 0.6) is 5.75 Å². The van der Waals surface area contributed by atoms with Gasteiger partial charge >= 0.3 is 0 Å². The van der Waals surface area contributed by atoms with Crippen molar-refractivity contribution in [2.45, 2.75) is 13.5 Å². The second-order valence-corrected chi connectivity index (χ2v) is 5.77. The van der Waals surface area contributed by atoms with E-state index in [2.05, 4.69) is 15.3 Å². The highest BCUT2D eigenvalue weighted by molar-refractivity contribution is 5.94. The summed E-state index contributed by atoms with van der Waals surface area (Å²) in [6, 6.07) is 11.4. The Morgan fingerprint density at radius 3 is 2.73 bits per heavy atom. The van der Waals surface area contributed by atoms with Crippen LogP contribution in [0.2, 0.25) is 0 Å². The first-order chi connectivity index (χ1) is 12.7. The number of benzene rings is 1. The first-order valence-corrected chi connectivity index (χ1v) is 8.19. The van der Waals surface area contributed by atoms with Gasteiger partial charge in [-0.2, -0.15) is 0 Å². The molecule has 2 aromatic heterocycles. The lowest BCUT2D eigenvalue weighted by Gasteiger charge is -2.07. The lowest BCUT2D eigenvalue weighted by atomic mass is 10.1. The minimum Gasteiger partial charge on any atom is -0.497 e. The zero-order chi connectivity index (χ0) is 18.4. The van der Waals surface area contributed by atoms with E-state index in [9.17, 15) is 4.79 Å². The van der Waals surface area contributed by atoms with Crippen LogP contribution in [-0.2, 0) is 11.3 Å². The van der Waals surface area contributed by atoms with Crippen LogP contribution in [0.1, 0.15) is 18.1 Å². The molecule has 0 spiro atoms. The highest BCUT2D eigenvalue weighted by Crippen LogP contribution is 2.18. The number of amides is 1. The molecule has 1 N–H and O–H groups in total. The van der Waals surface area contributed by atoms with Gasteiger partial charge in [-0.05, 0) is 47.9 Å². The highest BCUT2D eigenvalue weighted by Gasteiger charge is 2.03. The van der Waals surface area contributed by atoms with Crippen LogP contribution in [0.3, 0.4) is 0 Å². The molecule has 0 saturated carbocycles. The van der Waals surface area contributed by atoms with Gasteiger partial charge in [0.2, 0.25) is 5.91 Å². The van der Waals surface area contributed by atoms with E-state index < -0.39 is 0 Å². The molecule has 3 rings (SSSR count). The third-order valence-electron chi connectivity index (χ3n) is 3.94. The number of pyridine rings is 1. The molecule has 26 heavy (non-hydrogen) atoms. The van der Waals surface area contributed by atoms with Gasteiger partial charge in [0, 0.05) is 31.2 Å². The summed E-state index contributed by atoms with van der Waals surface area (Å²) in [4.78, 5) is 20.5. The van der Waals surface area contributed by atoms with Gasteiger partial charge in [0.1, 0.15) is 17.9 Å². The molecule has 0 unspecified atom stereocenters. The number of nitrogens with one attached hydrogen (secondary N) is 1. The van der Waals surface area contributed by atoms with E-state index in [1.54, 1.807) is 31.9 Å². The fraction of sp³-hybridized carbons (Fsp3) is 0.150. The number of allylic oxidation sites excluding steroid dienone is 1. The summed E-state index contributed by atoms with van der Waals surface area (Å²) in [6.07, 6.45) is 8.52. The summed E-state index contributed by atoms with van der Waals surface area (Å²) in [5.74, 6) is 1.41. The van der Waals surface area contributed by atoms with Gasteiger partial charge in [-0.15, -0.1) is 0 Å². The van der Waals surface area contributed by atoms with Gasteiger partial charge in [-0.3, -0.25) is 9.36 Å². The fourth-order valence-corrected chi connectivity index (χ4v) is 2.48. The van der Waals surface area contributed by atoms with Crippen LogP contribution in [0.15, 0.2) is 67.4 Å². The quantitative estimate of drug-likeness (QED) is 0.695. The van der Waals surface area contributed by atoms with Crippen molar-refractivity contribution in [2.75, 3.05) is 7.11 Å². The van der Waals surface area contributed by atoms with Crippen molar-refractivity contribution < 1.29 is 9.53 Å². The minimum atomic E-state index is -0.140. The van der Waals surface area contributed by atoms with Crippen molar-refractivity contribution in [3.05, 3.63) is 78.5 Å². The van der Waals surface area contributed by atoms with Crippen LogP contribution in [0, 0.1) is 0 Å². The van der Waals surface area contributed by atoms with Gasteiger partial charge in [0.05, 0.1) is 7.11 Å². The third kappa shape index (κ3) is 4.36. The van der Waals surface area contributed by atoms with Crippen LogP contribution >= 0.6 is 0 Å². The molecule has 2 heterocycles.